The zero-order valence-electron chi connectivity index (χ0n) is 11.3. The molecular formula is C12H15N7S. The van der Waals surface area contributed by atoms with Crippen molar-refractivity contribution < 1.29 is 0 Å². The summed E-state index contributed by atoms with van der Waals surface area (Å²) in [6.07, 6.45) is 1.68. The normalized spacial score (nSPS) is 10.9. The van der Waals surface area contributed by atoms with Gasteiger partial charge in [-0.1, -0.05) is 0 Å². The van der Waals surface area contributed by atoms with E-state index in [0.717, 1.165) is 28.4 Å². The number of rotatable bonds is 5. The molecule has 0 amide bonds. The Morgan fingerprint density at radius 2 is 2.20 bits per heavy atom. The van der Waals surface area contributed by atoms with E-state index >= 15 is 0 Å². The third-order valence-corrected chi connectivity index (χ3v) is 3.53. The molecule has 7 nitrogen and oxygen atoms in total. The van der Waals surface area contributed by atoms with E-state index in [0.29, 0.717) is 12.5 Å². The van der Waals surface area contributed by atoms with Crippen LogP contribution in [0.5, 0.6) is 0 Å². The lowest BCUT2D eigenvalue weighted by Gasteiger charge is -2.07. The van der Waals surface area contributed by atoms with E-state index in [1.54, 1.807) is 22.3 Å². The van der Waals surface area contributed by atoms with E-state index in [-0.39, 0.29) is 0 Å². The van der Waals surface area contributed by atoms with E-state index in [9.17, 15) is 0 Å². The monoisotopic (exact) mass is 289 g/mol. The minimum atomic E-state index is 0.536. The largest absolute Gasteiger partial charge is 0.362 e. The SMILES string of the molecule is CCNc1nc(NCc2ncn(C)n2)c2ccsc2n1. The van der Waals surface area contributed by atoms with Gasteiger partial charge in [0.2, 0.25) is 5.95 Å². The molecule has 0 unspecified atom stereocenters. The van der Waals surface area contributed by atoms with Gasteiger partial charge in [0.25, 0.3) is 0 Å². The van der Waals surface area contributed by atoms with Crippen LogP contribution in [0.3, 0.4) is 0 Å². The van der Waals surface area contributed by atoms with Crippen molar-refractivity contribution in [1.29, 1.82) is 0 Å². The maximum atomic E-state index is 4.50. The molecule has 104 valence electrons. The first-order valence-corrected chi connectivity index (χ1v) is 7.21. The molecule has 0 saturated carbocycles. The topological polar surface area (TPSA) is 80.5 Å². The Kier molecular flexibility index (Phi) is 3.46. The molecule has 0 aliphatic rings. The maximum absolute atomic E-state index is 4.50. The van der Waals surface area contributed by atoms with Crippen LogP contribution in [0, 0.1) is 0 Å². The summed E-state index contributed by atoms with van der Waals surface area (Å²) in [6.45, 7) is 3.35. The van der Waals surface area contributed by atoms with Crippen LogP contribution < -0.4 is 10.6 Å². The summed E-state index contributed by atoms with van der Waals surface area (Å²) in [5.74, 6) is 2.18. The first-order chi connectivity index (χ1) is 9.76. The second-order valence-electron chi connectivity index (χ2n) is 4.25. The number of hydrogen-bond donors (Lipinski definition) is 2. The molecule has 3 aromatic heterocycles. The first kappa shape index (κ1) is 12.8. The van der Waals surface area contributed by atoms with E-state index in [4.69, 9.17) is 0 Å². The molecule has 0 atom stereocenters. The summed E-state index contributed by atoms with van der Waals surface area (Å²) < 4.78 is 1.68. The molecule has 0 spiro atoms. The highest BCUT2D eigenvalue weighted by molar-refractivity contribution is 7.16. The molecule has 3 rings (SSSR count). The fraction of sp³-hybridized carbons (Fsp3) is 0.333. The predicted molar refractivity (Wildman–Crippen MR) is 79.9 cm³/mol. The van der Waals surface area contributed by atoms with Crippen LogP contribution in [-0.4, -0.2) is 31.3 Å². The molecule has 0 aromatic carbocycles. The van der Waals surface area contributed by atoms with E-state index < -0.39 is 0 Å². The Bertz CT molecular complexity index is 717. The molecule has 0 saturated heterocycles. The summed E-state index contributed by atoms with van der Waals surface area (Å²) in [4.78, 5) is 14.1. The summed E-state index contributed by atoms with van der Waals surface area (Å²) in [5, 5.41) is 13.7. The van der Waals surface area contributed by atoms with Crippen molar-refractivity contribution in [3.8, 4) is 0 Å². The van der Waals surface area contributed by atoms with Crippen LogP contribution in [0.1, 0.15) is 12.7 Å². The maximum Gasteiger partial charge on any atom is 0.226 e. The highest BCUT2D eigenvalue weighted by atomic mass is 32.1. The van der Waals surface area contributed by atoms with Crippen molar-refractivity contribution in [1.82, 2.24) is 24.7 Å². The molecule has 0 radical (unpaired) electrons. The van der Waals surface area contributed by atoms with Gasteiger partial charge >= 0.3 is 0 Å². The fourth-order valence-corrected chi connectivity index (χ4v) is 2.62. The highest BCUT2D eigenvalue weighted by Crippen LogP contribution is 2.26. The average Bonchev–Trinajstić information content (AvgIpc) is 3.05. The van der Waals surface area contributed by atoms with Gasteiger partial charge in [-0.15, -0.1) is 11.3 Å². The second-order valence-corrected chi connectivity index (χ2v) is 5.15. The molecule has 0 bridgehead atoms. The van der Waals surface area contributed by atoms with Gasteiger partial charge in [-0.3, -0.25) is 4.68 Å². The number of aromatic nitrogens is 5. The molecule has 0 aliphatic carbocycles. The number of nitrogens with zero attached hydrogens (tertiary/aromatic N) is 5. The third kappa shape index (κ3) is 2.55. The zero-order valence-corrected chi connectivity index (χ0v) is 12.1. The van der Waals surface area contributed by atoms with Crippen LogP contribution in [0.25, 0.3) is 10.2 Å². The Labute approximate surface area is 120 Å². The van der Waals surface area contributed by atoms with Gasteiger partial charge in [0.1, 0.15) is 17.0 Å². The third-order valence-electron chi connectivity index (χ3n) is 2.72. The van der Waals surface area contributed by atoms with Crippen molar-refractivity contribution >= 4 is 33.3 Å². The average molecular weight is 289 g/mol. The number of anilines is 2. The second kappa shape index (κ2) is 5.41. The van der Waals surface area contributed by atoms with Gasteiger partial charge in [0.05, 0.1) is 11.9 Å². The smallest absolute Gasteiger partial charge is 0.226 e. The lowest BCUT2D eigenvalue weighted by Crippen LogP contribution is -2.07. The molecular weight excluding hydrogens is 274 g/mol. The lowest BCUT2D eigenvalue weighted by atomic mass is 10.4. The Morgan fingerprint density at radius 3 is 2.95 bits per heavy atom. The quantitative estimate of drug-likeness (QED) is 0.746. The summed E-state index contributed by atoms with van der Waals surface area (Å²) in [5.41, 5.74) is 0. The van der Waals surface area contributed by atoms with Gasteiger partial charge in [0.15, 0.2) is 5.82 Å². The standard InChI is InChI=1S/C12H15N7S/c1-3-13-12-16-10(8-4-5-20-11(8)17-12)14-6-9-15-7-19(2)18-9/h4-5,7H,3,6H2,1-2H3,(H2,13,14,16,17). The van der Waals surface area contributed by atoms with Gasteiger partial charge in [0, 0.05) is 13.6 Å². The predicted octanol–water partition coefficient (Wildman–Crippen LogP) is 1.86. The summed E-state index contributed by atoms with van der Waals surface area (Å²) in [7, 11) is 1.85. The van der Waals surface area contributed by atoms with E-state index in [1.807, 2.05) is 25.4 Å². The minimum Gasteiger partial charge on any atom is -0.362 e. The van der Waals surface area contributed by atoms with Crippen LogP contribution in [0.4, 0.5) is 11.8 Å². The van der Waals surface area contributed by atoms with Crippen molar-refractivity contribution in [2.24, 2.45) is 7.05 Å². The van der Waals surface area contributed by atoms with Crippen LogP contribution in [0.2, 0.25) is 0 Å². The minimum absolute atomic E-state index is 0.536. The summed E-state index contributed by atoms with van der Waals surface area (Å²) in [6, 6.07) is 2.02. The fourth-order valence-electron chi connectivity index (χ4n) is 1.86. The molecule has 0 aliphatic heterocycles. The summed E-state index contributed by atoms with van der Waals surface area (Å²) >= 11 is 1.60. The van der Waals surface area contributed by atoms with Gasteiger partial charge in [-0.25, -0.2) is 9.97 Å². The molecule has 0 fully saturated rings. The van der Waals surface area contributed by atoms with E-state index in [2.05, 4.69) is 30.7 Å². The van der Waals surface area contributed by atoms with Crippen LogP contribution in [-0.2, 0) is 13.6 Å². The Hall–Kier alpha value is -2.22. The Balaban J connectivity index is 1.87. The molecule has 20 heavy (non-hydrogen) atoms. The molecule has 3 heterocycles. The lowest BCUT2D eigenvalue weighted by molar-refractivity contribution is 0.747. The van der Waals surface area contributed by atoms with Crippen molar-refractivity contribution in [2.75, 3.05) is 17.2 Å². The van der Waals surface area contributed by atoms with Crippen molar-refractivity contribution in [3.05, 3.63) is 23.6 Å². The number of nitrogens with one attached hydrogen (secondary N) is 2. The molecule has 3 aromatic rings. The van der Waals surface area contributed by atoms with E-state index in [1.165, 1.54) is 0 Å². The number of aryl methyl sites for hydroxylation is 1. The van der Waals surface area contributed by atoms with Crippen LogP contribution in [0.15, 0.2) is 17.8 Å². The zero-order chi connectivity index (χ0) is 13.9. The molecule has 8 heteroatoms. The van der Waals surface area contributed by atoms with Gasteiger partial charge < -0.3 is 10.6 Å². The number of fused-ring (bicyclic) bond motifs is 1. The van der Waals surface area contributed by atoms with Crippen LogP contribution >= 0.6 is 11.3 Å². The van der Waals surface area contributed by atoms with Gasteiger partial charge in [-0.2, -0.15) is 10.1 Å². The number of thiophene rings is 1. The van der Waals surface area contributed by atoms with Crippen molar-refractivity contribution in [2.45, 2.75) is 13.5 Å². The molecule has 2 N–H and O–H groups in total. The Morgan fingerprint density at radius 1 is 1.30 bits per heavy atom. The number of hydrogen-bond acceptors (Lipinski definition) is 7. The highest BCUT2D eigenvalue weighted by Gasteiger charge is 2.09. The first-order valence-electron chi connectivity index (χ1n) is 6.33. The van der Waals surface area contributed by atoms with Gasteiger partial charge in [-0.05, 0) is 18.4 Å². The van der Waals surface area contributed by atoms with Crippen molar-refractivity contribution in [3.63, 3.8) is 0 Å².